The highest BCUT2D eigenvalue weighted by atomic mass is 16.5. The molecular formula is C17H25NO. The number of rotatable bonds is 5. The Hall–Kier alpha value is -0.860. The molecule has 3 atom stereocenters. The average molecular weight is 259 g/mol. The first-order valence-corrected chi connectivity index (χ1v) is 7.71. The predicted octanol–water partition coefficient (Wildman–Crippen LogP) is 3.47. The Morgan fingerprint density at radius 3 is 2.58 bits per heavy atom. The van der Waals surface area contributed by atoms with Crippen LogP contribution >= 0.6 is 0 Å². The average Bonchev–Trinajstić information content (AvgIpc) is 3.11. The molecule has 0 saturated heterocycles. The van der Waals surface area contributed by atoms with Crippen LogP contribution in [-0.4, -0.2) is 18.2 Å². The summed E-state index contributed by atoms with van der Waals surface area (Å²) in [6.45, 7) is 2.88. The minimum absolute atomic E-state index is 0.0249. The SMILES string of the molecule is CCOC1(C(N)C2CC2c2ccccc2)CCCC1. The fourth-order valence-corrected chi connectivity index (χ4v) is 3.92. The van der Waals surface area contributed by atoms with Crippen molar-refractivity contribution >= 4 is 0 Å². The van der Waals surface area contributed by atoms with E-state index in [2.05, 4.69) is 37.3 Å². The molecule has 0 radical (unpaired) electrons. The van der Waals surface area contributed by atoms with Gasteiger partial charge in [0.05, 0.1) is 5.60 Å². The molecule has 1 aromatic rings. The zero-order valence-electron chi connectivity index (χ0n) is 11.8. The van der Waals surface area contributed by atoms with Gasteiger partial charge in [-0.2, -0.15) is 0 Å². The van der Waals surface area contributed by atoms with Gasteiger partial charge in [-0.3, -0.25) is 0 Å². The van der Waals surface area contributed by atoms with Crippen molar-refractivity contribution in [3.8, 4) is 0 Å². The van der Waals surface area contributed by atoms with Crippen molar-refractivity contribution in [2.75, 3.05) is 6.61 Å². The van der Waals surface area contributed by atoms with Crippen molar-refractivity contribution in [2.45, 2.75) is 56.6 Å². The van der Waals surface area contributed by atoms with Crippen LogP contribution in [0.4, 0.5) is 0 Å². The largest absolute Gasteiger partial charge is 0.374 e. The van der Waals surface area contributed by atoms with Gasteiger partial charge in [0.2, 0.25) is 0 Å². The van der Waals surface area contributed by atoms with Gasteiger partial charge < -0.3 is 10.5 Å². The molecule has 0 aromatic heterocycles. The molecule has 2 N–H and O–H groups in total. The Morgan fingerprint density at radius 1 is 1.26 bits per heavy atom. The van der Waals surface area contributed by atoms with Crippen molar-refractivity contribution in [3.05, 3.63) is 35.9 Å². The summed E-state index contributed by atoms with van der Waals surface area (Å²) in [5.74, 6) is 1.28. The minimum Gasteiger partial charge on any atom is -0.374 e. The molecule has 19 heavy (non-hydrogen) atoms. The van der Waals surface area contributed by atoms with Crippen molar-refractivity contribution in [1.29, 1.82) is 0 Å². The van der Waals surface area contributed by atoms with E-state index in [4.69, 9.17) is 10.5 Å². The van der Waals surface area contributed by atoms with E-state index in [0.717, 1.165) is 19.4 Å². The third kappa shape index (κ3) is 2.44. The zero-order chi connectivity index (χ0) is 13.3. The molecule has 2 fully saturated rings. The molecule has 2 heteroatoms. The summed E-state index contributed by atoms with van der Waals surface area (Å²) in [6, 6.07) is 11.0. The van der Waals surface area contributed by atoms with E-state index in [9.17, 15) is 0 Å². The monoisotopic (exact) mass is 259 g/mol. The highest BCUT2D eigenvalue weighted by Gasteiger charge is 2.52. The molecule has 0 spiro atoms. The van der Waals surface area contributed by atoms with Crippen LogP contribution in [0.5, 0.6) is 0 Å². The van der Waals surface area contributed by atoms with Gasteiger partial charge in [-0.05, 0) is 43.6 Å². The van der Waals surface area contributed by atoms with E-state index < -0.39 is 0 Å². The van der Waals surface area contributed by atoms with E-state index in [1.165, 1.54) is 24.8 Å². The summed E-state index contributed by atoms with van der Waals surface area (Å²) in [7, 11) is 0. The van der Waals surface area contributed by atoms with Gasteiger partial charge in [-0.25, -0.2) is 0 Å². The molecule has 0 aliphatic heterocycles. The summed E-state index contributed by atoms with van der Waals surface area (Å²) < 4.78 is 6.11. The lowest BCUT2D eigenvalue weighted by molar-refractivity contribution is -0.0577. The van der Waals surface area contributed by atoms with Crippen molar-refractivity contribution in [1.82, 2.24) is 0 Å². The normalized spacial score (nSPS) is 30.2. The molecule has 3 rings (SSSR count). The van der Waals surface area contributed by atoms with Gasteiger partial charge >= 0.3 is 0 Å². The van der Waals surface area contributed by atoms with Crippen LogP contribution < -0.4 is 5.73 Å². The van der Waals surface area contributed by atoms with Gasteiger partial charge in [-0.15, -0.1) is 0 Å². The second-order valence-electron chi connectivity index (χ2n) is 6.15. The van der Waals surface area contributed by atoms with Crippen molar-refractivity contribution in [2.24, 2.45) is 11.7 Å². The molecule has 0 amide bonds. The highest BCUT2D eigenvalue weighted by Crippen LogP contribution is 2.53. The van der Waals surface area contributed by atoms with Crippen LogP contribution in [0.3, 0.4) is 0 Å². The smallest absolute Gasteiger partial charge is 0.0835 e. The second-order valence-corrected chi connectivity index (χ2v) is 6.15. The number of ether oxygens (including phenoxy) is 1. The van der Waals surface area contributed by atoms with E-state index in [1.54, 1.807) is 0 Å². The van der Waals surface area contributed by atoms with Crippen LogP contribution in [0.25, 0.3) is 0 Å². The van der Waals surface area contributed by atoms with E-state index in [-0.39, 0.29) is 11.6 Å². The topological polar surface area (TPSA) is 35.2 Å². The standard InChI is InChI=1S/C17H25NO/c1-2-19-17(10-6-7-11-17)16(18)15-12-14(15)13-8-4-3-5-9-13/h3-5,8-9,14-16H,2,6-7,10-12,18H2,1H3. The summed E-state index contributed by atoms with van der Waals surface area (Å²) >= 11 is 0. The van der Waals surface area contributed by atoms with Crippen LogP contribution in [0.2, 0.25) is 0 Å². The van der Waals surface area contributed by atoms with Crippen LogP contribution in [0.1, 0.15) is 50.5 Å². The van der Waals surface area contributed by atoms with Gasteiger partial charge in [0.25, 0.3) is 0 Å². The quantitative estimate of drug-likeness (QED) is 0.878. The molecule has 2 aliphatic carbocycles. The Morgan fingerprint density at radius 2 is 1.95 bits per heavy atom. The number of hydrogen-bond acceptors (Lipinski definition) is 2. The Bertz CT molecular complexity index is 411. The highest BCUT2D eigenvalue weighted by molar-refractivity contribution is 5.27. The first-order valence-electron chi connectivity index (χ1n) is 7.71. The molecule has 1 aromatic carbocycles. The van der Waals surface area contributed by atoms with Crippen LogP contribution in [0.15, 0.2) is 30.3 Å². The van der Waals surface area contributed by atoms with E-state index in [0.29, 0.717) is 11.8 Å². The number of nitrogens with two attached hydrogens (primary N) is 1. The van der Waals surface area contributed by atoms with Crippen molar-refractivity contribution < 1.29 is 4.74 Å². The fraction of sp³-hybridized carbons (Fsp3) is 0.647. The summed E-state index contributed by atoms with van der Waals surface area (Å²) in [6.07, 6.45) is 6.09. The van der Waals surface area contributed by atoms with Gasteiger partial charge in [-0.1, -0.05) is 43.2 Å². The summed E-state index contributed by atoms with van der Waals surface area (Å²) in [4.78, 5) is 0. The molecular weight excluding hydrogens is 234 g/mol. The Kier molecular flexibility index (Phi) is 3.64. The maximum Gasteiger partial charge on any atom is 0.0835 e. The van der Waals surface area contributed by atoms with E-state index >= 15 is 0 Å². The first-order chi connectivity index (χ1) is 9.27. The lowest BCUT2D eigenvalue weighted by Gasteiger charge is -2.35. The predicted molar refractivity (Wildman–Crippen MR) is 78.1 cm³/mol. The molecule has 2 nitrogen and oxygen atoms in total. The number of hydrogen-bond donors (Lipinski definition) is 1. The lowest BCUT2D eigenvalue weighted by Crippen LogP contribution is -2.49. The number of benzene rings is 1. The fourth-order valence-electron chi connectivity index (χ4n) is 3.92. The van der Waals surface area contributed by atoms with Gasteiger partial charge in [0.1, 0.15) is 0 Å². The third-order valence-electron chi connectivity index (χ3n) is 5.02. The summed E-state index contributed by atoms with van der Waals surface area (Å²) in [5.41, 5.74) is 8.03. The van der Waals surface area contributed by atoms with Gasteiger partial charge in [0.15, 0.2) is 0 Å². The maximum atomic E-state index is 6.61. The minimum atomic E-state index is -0.0249. The van der Waals surface area contributed by atoms with Crippen molar-refractivity contribution in [3.63, 3.8) is 0 Å². The summed E-state index contributed by atoms with van der Waals surface area (Å²) in [5, 5.41) is 0. The molecule has 104 valence electrons. The molecule has 3 unspecified atom stereocenters. The lowest BCUT2D eigenvalue weighted by atomic mass is 9.87. The molecule has 0 heterocycles. The maximum absolute atomic E-state index is 6.61. The Labute approximate surface area is 116 Å². The van der Waals surface area contributed by atoms with E-state index in [1.807, 2.05) is 0 Å². The molecule has 2 aliphatic rings. The second kappa shape index (κ2) is 5.26. The van der Waals surface area contributed by atoms with Crippen LogP contribution in [0, 0.1) is 5.92 Å². The first kappa shape index (κ1) is 13.1. The molecule has 2 saturated carbocycles. The van der Waals surface area contributed by atoms with Crippen LogP contribution in [-0.2, 0) is 4.74 Å². The molecule has 0 bridgehead atoms. The zero-order valence-corrected chi connectivity index (χ0v) is 11.8. The van der Waals surface area contributed by atoms with Gasteiger partial charge in [0, 0.05) is 12.6 Å². The third-order valence-corrected chi connectivity index (χ3v) is 5.02. The Balaban J connectivity index is 1.70.